The number of hydrogen-bond donors (Lipinski definition) is 2. The van der Waals surface area contributed by atoms with Gasteiger partial charge in [0.25, 0.3) is 0 Å². The standard InChI is InChI=1S/C11H17NO/c1-9-6-4-5-7-10(9)11(2,13)8-12-3/h4-7,12-13H,8H2,1-3H3. The van der Waals surface area contributed by atoms with Crippen molar-refractivity contribution in [3.8, 4) is 0 Å². The third-order valence-corrected chi connectivity index (χ3v) is 2.25. The first-order chi connectivity index (χ1) is 6.08. The van der Waals surface area contributed by atoms with E-state index in [1.165, 1.54) is 0 Å². The van der Waals surface area contributed by atoms with Crippen LogP contribution >= 0.6 is 0 Å². The van der Waals surface area contributed by atoms with Gasteiger partial charge >= 0.3 is 0 Å². The molecular weight excluding hydrogens is 162 g/mol. The predicted molar refractivity (Wildman–Crippen MR) is 54.7 cm³/mol. The molecule has 0 aliphatic carbocycles. The highest BCUT2D eigenvalue weighted by atomic mass is 16.3. The Bertz CT molecular complexity index is 281. The molecule has 1 unspecified atom stereocenters. The fourth-order valence-corrected chi connectivity index (χ4v) is 1.62. The van der Waals surface area contributed by atoms with Crippen LogP contribution in [0.3, 0.4) is 0 Å². The Kier molecular flexibility index (Phi) is 3.07. The van der Waals surface area contributed by atoms with Crippen molar-refractivity contribution >= 4 is 0 Å². The number of aliphatic hydroxyl groups is 1. The molecule has 0 aliphatic rings. The topological polar surface area (TPSA) is 32.3 Å². The van der Waals surface area contributed by atoms with Crippen LogP contribution in [0, 0.1) is 6.92 Å². The molecule has 1 aromatic carbocycles. The summed E-state index contributed by atoms with van der Waals surface area (Å²) in [5, 5.41) is 13.1. The van der Waals surface area contributed by atoms with Crippen LogP contribution in [0.5, 0.6) is 0 Å². The maximum atomic E-state index is 10.1. The van der Waals surface area contributed by atoms with Crippen LogP contribution in [0.2, 0.25) is 0 Å². The molecule has 1 rings (SSSR count). The van der Waals surface area contributed by atoms with E-state index < -0.39 is 5.60 Å². The largest absolute Gasteiger partial charge is 0.384 e. The van der Waals surface area contributed by atoms with Crippen molar-refractivity contribution in [2.24, 2.45) is 0 Å². The highest BCUT2D eigenvalue weighted by Crippen LogP contribution is 2.22. The van der Waals surface area contributed by atoms with Crippen LogP contribution in [-0.4, -0.2) is 18.7 Å². The molecule has 0 heterocycles. The Labute approximate surface area is 79.6 Å². The van der Waals surface area contributed by atoms with Crippen molar-refractivity contribution in [2.75, 3.05) is 13.6 Å². The molecule has 0 radical (unpaired) electrons. The van der Waals surface area contributed by atoms with Gasteiger partial charge in [0.1, 0.15) is 0 Å². The molecule has 0 fully saturated rings. The number of likely N-dealkylation sites (N-methyl/N-ethyl adjacent to an activating group) is 1. The highest BCUT2D eigenvalue weighted by molar-refractivity contribution is 5.30. The van der Waals surface area contributed by atoms with Gasteiger partial charge < -0.3 is 10.4 Å². The summed E-state index contributed by atoms with van der Waals surface area (Å²) in [6.45, 7) is 4.41. The van der Waals surface area contributed by atoms with Crippen LogP contribution in [0.25, 0.3) is 0 Å². The smallest absolute Gasteiger partial charge is 0.0994 e. The van der Waals surface area contributed by atoms with Gasteiger partial charge in [-0.2, -0.15) is 0 Å². The summed E-state index contributed by atoms with van der Waals surface area (Å²) in [7, 11) is 1.84. The lowest BCUT2D eigenvalue weighted by Gasteiger charge is -2.25. The normalized spacial score (nSPS) is 15.4. The Morgan fingerprint density at radius 1 is 1.38 bits per heavy atom. The van der Waals surface area contributed by atoms with Crippen molar-refractivity contribution in [2.45, 2.75) is 19.4 Å². The minimum atomic E-state index is -0.778. The van der Waals surface area contributed by atoms with Crippen molar-refractivity contribution in [3.63, 3.8) is 0 Å². The second kappa shape index (κ2) is 3.90. The number of aryl methyl sites for hydroxylation is 1. The maximum Gasteiger partial charge on any atom is 0.0994 e. The molecular formula is C11H17NO. The fourth-order valence-electron chi connectivity index (χ4n) is 1.62. The molecule has 0 aromatic heterocycles. The minimum Gasteiger partial charge on any atom is -0.384 e. The van der Waals surface area contributed by atoms with Gasteiger partial charge in [0.05, 0.1) is 5.60 Å². The molecule has 13 heavy (non-hydrogen) atoms. The average molecular weight is 179 g/mol. The van der Waals surface area contributed by atoms with E-state index in [2.05, 4.69) is 5.32 Å². The average Bonchev–Trinajstić information content (AvgIpc) is 2.04. The lowest BCUT2D eigenvalue weighted by Crippen LogP contribution is -2.34. The van der Waals surface area contributed by atoms with Crippen LogP contribution in [0.4, 0.5) is 0 Å². The second-order valence-electron chi connectivity index (χ2n) is 3.62. The number of rotatable bonds is 3. The first-order valence-electron chi connectivity index (χ1n) is 4.51. The van der Waals surface area contributed by atoms with Crippen molar-refractivity contribution in [1.29, 1.82) is 0 Å². The number of hydrogen-bond acceptors (Lipinski definition) is 2. The van der Waals surface area contributed by atoms with Gasteiger partial charge in [0, 0.05) is 6.54 Å². The van der Waals surface area contributed by atoms with Crippen molar-refractivity contribution in [1.82, 2.24) is 5.32 Å². The Morgan fingerprint density at radius 2 is 2.00 bits per heavy atom. The predicted octanol–water partition coefficient (Wildman–Crippen LogP) is 1.42. The summed E-state index contributed by atoms with van der Waals surface area (Å²) in [6.07, 6.45) is 0. The zero-order chi connectivity index (χ0) is 9.90. The van der Waals surface area contributed by atoms with Crippen molar-refractivity contribution in [3.05, 3.63) is 35.4 Å². The molecule has 0 saturated carbocycles. The van der Waals surface area contributed by atoms with Crippen LogP contribution in [0.1, 0.15) is 18.1 Å². The van der Waals surface area contributed by atoms with E-state index >= 15 is 0 Å². The van der Waals surface area contributed by atoms with Gasteiger partial charge in [-0.15, -0.1) is 0 Å². The van der Waals surface area contributed by atoms with Gasteiger partial charge in [-0.3, -0.25) is 0 Å². The SMILES string of the molecule is CNCC(C)(O)c1ccccc1C. The molecule has 2 heteroatoms. The van der Waals surface area contributed by atoms with Gasteiger partial charge in [-0.1, -0.05) is 24.3 Å². The summed E-state index contributed by atoms with van der Waals surface area (Å²) >= 11 is 0. The molecule has 2 nitrogen and oxygen atoms in total. The first-order valence-corrected chi connectivity index (χ1v) is 4.51. The van der Waals surface area contributed by atoms with Gasteiger partial charge in [-0.25, -0.2) is 0 Å². The third kappa shape index (κ3) is 2.29. The van der Waals surface area contributed by atoms with E-state index in [0.717, 1.165) is 11.1 Å². The van der Waals surface area contributed by atoms with Crippen molar-refractivity contribution < 1.29 is 5.11 Å². The van der Waals surface area contributed by atoms with E-state index in [1.807, 2.05) is 45.2 Å². The summed E-state index contributed by atoms with van der Waals surface area (Å²) in [5.74, 6) is 0. The quantitative estimate of drug-likeness (QED) is 0.735. The van der Waals surface area contributed by atoms with E-state index in [-0.39, 0.29) is 0 Å². The Hall–Kier alpha value is -0.860. The Morgan fingerprint density at radius 3 is 2.54 bits per heavy atom. The zero-order valence-electron chi connectivity index (χ0n) is 8.46. The van der Waals surface area contributed by atoms with Gasteiger partial charge in [0.2, 0.25) is 0 Å². The molecule has 1 atom stereocenters. The van der Waals surface area contributed by atoms with E-state index in [0.29, 0.717) is 6.54 Å². The van der Waals surface area contributed by atoms with Crippen LogP contribution in [-0.2, 0) is 5.60 Å². The first kappa shape index (κ1) is 10.2. The molecule has 0 amide bonds. The van der Waals surface area contributed by atoms with E-state index in [1.54, 1.807) is 0 Å². The number of benzene rings is 1. The van der Waals surface area contributed by atoms with E-state index in [4.69, 9.17) is 0 Å². The minimum absolute atomic E-state index is 0.567. The molecule has 0 spiro atoms. The molecule has 0 aliphatic heterocycles. The lowest BCUT2D eigenvalue weighted by molar-refractivity contribution is 0.0585. The lowest BCUT2D eigenvalue weighted by atomic mass is 9.92. The fraction of sp³-hybridized carbons (Fsp3) is 0.455. The summed E-state index contributed by atoms with van der Waals surface area (Å²) in [5.41, 5.74) is 1.34. The van der Waals surface area contributed by atoms with Crippen LogP contribution < -0.4 is 5.32 Å². The van der Waals surface area contributed by atoms with Gasteiger partial charge in [0.15, 0.2) is 0 Å². The summed E-state index contributed by atoms with van der Waals surface area (Å²) in [6, 6.07) is 7.91. The van der Waals surface area contributed by atoms with Gasteiger partial charge in [-0.05, 0) is 32.0 Å². The highest BCUT2D eigenvalue weighted by Gasteiger charge is 2.23. The second-order valence-corrected chi connectivity index (χ2v) is 3.62. The number of nitrogens with one attached hydrogen (secondary N) is 1. The molecule has 2 N–H and O–H groups in total. The molecule has 0 bridgehead atoms. The summed E-state index contributed by atoms with van der Waals surface area (Å²) < 4.78 is 0. The monoisotopic (exact) mass is 179 g/mol. The third-order valence-electron chi connectivity index (χ3n) is 2.25. The zero-order valence-corrected chi connectivity index (χ0v) is 8.46. The maximum absolute atomic E-state index is 10.1. The molecule has 72 valence electrons. The molecule has 0 saturated heterocycles. The Balaban J connectivity index is 2.99. The van der Waals surface area contributed by atoms with E-state index in [9.17, 15) is 5.11 Å². The van der Waals surface area contributed by atoms with Crippen LogP contribution in [0.15, 0.2) is 24.3 Å². The molecule has 1 aromatic rings. The summed E-state index contributed by atoms with van der Waals surface area (Å²) in [4.78, 5) is 0.